The lowest BCUT2D eigenvalue weighted by atomic mass is 10.0. The Kier molecular flexibility index (Phi) is 5.22. The standard InChI is InChI=1S/C16H17F2NO2/c1-2-3-21-15-7-12(9-19-10-15)16(20)6-11-4-13(17)8-14(18)5-11/h4-5,7-10,16,20H,2-3,6H2,1H3. The van der Waals surface area contributed by atoms with Crippen molar-refractivity contribution in [2.24, 2.45) is 0 Å². The van der Waals surface area contributed by atoms with E-state index in [0.717, 1.165) is 12.5 Å². The molecular formula is C16H17F2NO2. The maximum atomic E-state index is 13.1. The second-order valence-electron chi connectivity index (χ2n) is 4.80. The molecule has 1 N–H and O–H groups in total. The largest absolute Gasteiger partial charge is 0.492 e. The summed E-state index contributed by atoms with van der Waals surface area (Å²) in [7, 11) is 0. The lowest BCUT2D eigenvalue weighted by Gasteiger charge is -2.12. The van der Waals surface area contributed by atoms with Crippen LogP contribution >= 0.6 is 0 Å². The third kappa shape index (κ3) is 4.49. The molecule has 5 heteroatoms. The predicted molar refractivity (Wildman–Crippen MR) is 75.0 cm³/mol. The highest BCUT2D eigenvalue weighted by atomic mass is 19.1. The lowest BCUT2D eigenvalue weighted by Crippen LogP contribution is -2.04. The predicted octanol–water partition coefficient (Wildman–Crippen LogP) is 3.42. The van der Waals surface area contributed by atoms with E-state index in [1.54, 1.807) is 12.3 Å². The monoisotopic (exact) mass is 293 g/mol. The van der Waals surface area contributed by atoms with Crippen LogP contribution in [0.4, 0.5) is 8.78 Å². The minimum absolute atomic E-state index is 0.105. The van der Waals surface area contributed by atoms with Crippen molar-refractivity contribution in [3.8, 4) is 5.75 Å². The fourth-order valence-corrected chi connectivity index (χ4v) is 1.99. The molecule has 1 aromatic heterocycles. The third-order valence-electron chi connectivity index (χ3n) is 2.94. The van der Waals surface area contributed by atoms with Crippen molar-refractivity contribution in [3.05, 3.63) is 59.4 Å². The van der Waals surface area contributed by atoms with Gasteiger partial charge in [0, 0.05) is 24.2 Å². The molecule has 0 fully saturated rings. The van der Waals surface area contributed by atoms with Crippen molar-refractivity contribution in [2.75, 3.05) is 6.61 Å². The number of nitrogens with zero attached hydrogens (tertiary/aromatic N) is 1. The summed E-state index contributed by atoms with van der Waals surface area (Å²) < 4.78 is 31.7. The molecule has 0 aliphatic carbocycles. The van der Waals surface area contributed by atoms with Crippen LogP contribution in [0.1, 0.15) is 30.6 Å². The molecule has 2 rings (SSSR count). The van der Waals surface area contributed by atoms with Crippen LogP contribution in [0.2, 0.25) is 0 Å². The highest BCUT2D eigenvalue weighted by Crippen LogP contribution is 2.22. The first kappa shape index (κ1) is 15.4. The molecule has 0 bridgehead atoms. The van der Waals surface area contributed by atoms with Crippen LogP contribution in [0.5, 0.6) is 5.75 Å². The quantitative estimate of drug-likeness (QED) is 0.887. The number of aliphatic hydroxyl groups is 1. The van der Waals surface area contributed by atoms with E-state index in [9.17, 15) is 13.9 Å². The van der Waals surface area contributed by atoms with E-state index >= 15 is 0 Å². The summed E-state index contributed by atoms with van der Waals surface area (Å²) in [5.74, 6) is -0.746. The SMILES string of the molecule is CCCOc1cncc(C(O)Cc2cc(F)cc(F)c2)c1. The third-order valence-corrected chi connectivity index (χ3v) is 2.94. The van der Waals surface area contributed by atoms with E-state index in [0.29, 0.717) is 23.5 Å². The van der Waals surface area contributed by atoms with E-state index in [2.05, 4.69) is 4.98 Å². The van der Waals surface area contributed by atoms with Crippen LogP contribution in [0.3, 0.4) is 0 Å². The number of halogens is 2. The number of pyridine rings is 1. The van der Waals surface area contributed by atoms with E-state index in [4.69, 9.17) is 4.74 Å². The van der Waals surface area contributed by atoms with E-state index < -0.39 is 17.7 Å². The van der Waals surface area contributed by atoms with Crippen molar-refractivity contribution in [3.63, 3.8) is 0 Å². The van der Waals surface area contributed by atoms with Crippen LogP contribution in [-0.2, 0) is 6.42 Å². The highest BCUT2D eigenvalue weighted by molar-refractivity contribution is 5.27. The average Bonchev–Trinajstić information content (AvgIpc) is 2.44. The molecule has 0 spiro atoms. The van der Waals surface area contributed by atoms with Gasteiger partial charge in [-0.15, -0.1) is 0 Å². The van der Waals surface area contributed by atoms with Crippen molar-refractivity contribution in [2.45, 2.75) is 25.9 Å². The topological polar surface area (TPSA) is 42.4 Å². The molecule has 1 heterocycles. The van der Waals surface area contributed by atoms with Gasteiger partial charge in [0.2, 0.25) is 0 Å². The van der Waals surface area contributed by atoms with Gasteiger partial charge < -0.3 is 9.84 Å². The molecule has 1 aromatic carbocycles. The van der Waals surface area contributed by atoms with Crippen LogP contribution in [0.15, 0.2) is 36.7 Å². The van der Waals surface area contributed by atoms with Gasteiger partial charge in [-0.05, 0) is 30.2 Å². The van der Waals surface area contributed by atoms with E-state index in [1.807, 2.05) is 6.92 Å². The summed E-state index contributed by atoms with van der Waals surface area (Å²) in [6, 6.07) is 4.90. The minimum Gasteiger partial charge on any atom is -0.492 e. The van der Waals surface area contributed by atoms with Gasteiger partial charge in [0.25, 0.3) is 0 Å². The normalized spacial score (nSPS) is 12.2. The van der Waals surface area contributed by atoms with Gasteiger partial charge in [0.1, 0.15) is 17.4 Å². The van der Waals surface area contributed by atoms with Crippen molar-refractivity contribution >= 4 is 0 Å². The van der Waals surface area contributed by atoms with E-state index in [1.165, 1.54) is 18.3 Å². The highest BCUT2D eigenvalue weighted by Gasteiger charge is 2.12. The summed E-state index contributed by atoms with van der Waals surface area (Å²) in [6.45, 7) is 2.56. The first-order valence-electron chi connectivity index (χ1n) is 6.79. The Bertz CT molecular complexity index is 584. The molecule has 21 heavy (non-hydrogen) atoms. The maximum Gasteiger partial charge on any atom is 0.137 e. The van der Waals surface area contributed by atoms with Gasteiger partial charge >= 0.3 is 0 Å². The van der Waals surface area contributed by atoms with Crippen molar-refractivity contribution < 1.29 is 18.6 Å². The van der Waals surface area contributed by atoms with Gasteiger partial charge in [-0.1, -0.05) is 6.92 Å². The molecule has 3 nitrogen and oxygen atoms in total. The fourth-order valence-electron chi connectivity index (χ4n) is 1.99. The van der Waals surface area contributed by atoms with Crippen LogP contribution in [0, 0.1) is 11.6 Å². The molecule has 112 valence electrons. The molecular weight excluding hydrogens is 276 g/mol. The Morgan fingerprint density at radius 2 is 1.86 bits per heavy atom. The molecule has 0 saturated heterocycles. The molecule has 1 unspecified atom stereocenters. The number of aromatic nitrogens is 1. The average molecular weight is 293 g/mol. The Hall–Kier alpha value is -2.01. The van der Waals surface area contributed by atoms with Crippen molar-refractivity contribution in [1.29, 1.82) is 0 Å². The molecule has 0 radical (unpaired) electrons. The Morgan fingerprint density at radius 1 is 1.14 bits per heavy atom. The van der Waals surface area contributed by atoms with Crippen LogP contribution in [0.25, 0.3) is 0 Å². The number of rotatable bonds is 6. The van der Waals surface area contributed by atoms with E-state index in [-0.39, 0.29) is 6.42 Å². The fraction of sp³-hybridized carbons (Fsp3) is 0.312. The van der Waals surface area contributed by atoms with Crippen LogP contribution < -0.4 is 4.74 Å². The Balaban J connectivity index is 2.10. The molecule has 0 aliphatic rings. The zero-order valence-electron chi connectivity index (χ0n) is 11.7. The summed E-state index contributed by atoms with van der Waals surface area (Å²) in [4.78, 5) is 4.00. The second-order valence-corrected chi connectivity index (χ2v) is 4.80. The molecule has 0 saturated carbocycles. The summed E-state index contributed by atoms with van der Waals surface area (Å²) >= 11 is 0. The first-order valence-corrected chi connectivity index (χ1v) is 6.79. The van der Waals surface area contributed by atoms with Gasteiger partial charge in [0.15, 0.2) is 0 Å². The van der Waals surface area contributed by atoms with Gasteiger partial charge in [0.05, 0.1) is 18.9 Å². The smallest absolute Gasteiger partial charge is 0.137 e. The zero-order chi connectivity index (χ0) is 15.2. The number of benzene rings is 1. The minimum atomic E-state index is -0.899. The number of aliphatic hydroxyl groups excluding tert-OH is 1. The Morgan fingerprint density at radius 3 is 2.52 bits per heavy atom. The number of hydrogen-bond acceptors (Lipinski definition) is 3. The van der Waals surface area contributed by atoms with Gasteiger partial charge in [-0.2, -0.15) is 0 Å². The summed E-state index contributed by atoms with van der Waals surface area (Å²) in [6.07, 6.45) is 3.15. The second kappa shape index (κ2) is 7.13. The molecule has 0 aliphatic heterocycles. The number of hydrogen-bond donors (Lipinski definition) is 1. The van der Waals surface area contributed by atoms with Crippen LogP contribution in [-0.4, -0.2) is 16.7 Å². The first-order chi connectivity index (χ1) is 10.1. The maximum absolute atomic E-state index is 13.1. The Labute approximate surface area is 122 Å². The van der Waals surface area contributed by atoms with Gasteiger partial charge in [-0.3, -0.25) is 4.98 Å². The molecule has 2 aromatic rings. The lowest BCUT2D eigenvalue weighted by molar-refractivity contribution is 0.177. The van der Waals surface area contributed by atoms with Gasteiger partial charge in [-0.25, -0.2) is 8.78 Å². The van der Waals surface area contributed by atoms with Crippen molar-refractivity contribution in [1.82, 2.24) is 4.98 Å². The molecule has 0 amide bonds. The zero-order valence-corrected chi connectivity index (χ0v) is 11.7. The summed E-state index contributed by atoms with van der Waals surface area (Å²) in [5, 5.41) is 10.2. The summed E-state index contributed by atoms with van der Waals surface area (Å²) in [5.41, 5.74) is 0.938. The molecule has 1 atom stereocenters. The number of ether oxygens (including phenoxy) is 1.